The lowest BCUT2D eigenvalue weighted by atomic mass is 10.0. The Hall–Kier alpha value is -1.51. The van der Waals surface area contributed by atoms with Gasteiger partial charge in [0.2, 0.25) is 0 Å². The van der Waals surface area contributed by atoms with E-state index in [4.69, 9.17) is 23.2 Å². The lowest BCUT2D eigenvalue weighted by molar-refractivity contribution is 0.474. The molecule has 22 heavy (non-hydrogen) atoms. The van der Waals surface area contributed by atoms with Gasteiger partial charge in [-0.3, -0.25) is 4.99 Å². The lowest BCUT2D eigenvalue weighted by Crippen LogP contribution is -2.07. The third-order valence-corrected chi connectivity index (χ3v) is 3.88. The van der Waals surface area contributed by atoms with E-state index in [9.17, 15) is 5.11 Å². The van der Waals surface area contributed by atoms with Crippen LogP contribution in [0, 0.1) is 5.92 Å². The van der Waals surface area contributed by atoms with Gasteiger partial charge in [-0.1, -0.05) is 55.2 Å². The molecule has 0 amide bonds. The number of benzene rings is 2. The topological polar surface area (TPSA) is 32.6 Å². The van der Waals surface area contributed by atoms with Gasteiger partial charge >= 0.3 is 0 Å². The predicted molar refractivity (Wildman–Crippen MR) is 94.5 cm³/mol. The fourth-order valence-corrected chi connectivity index (χ4v) is 2.50. The van der Waals surface area contributed by atoms with Crippen LogP contribution in [0.1, 0.15) is 31.4 Å². The number of phenolic OH excluding ortho intramolecular Hbond substituents is 1. The molecule has 2 nitrogen and oxygen atoms in total. The summed E-state index contributed by atoms with van der Waals surface area (Å²) in [7, 11) is 0. The quantitative estimate of drug-likeness (QED) is 0.710. The second-order valence-corrected chi connectivity index (χ2v) is 6.40. The number of aromatic hydroxyl groups is 1. The highest BCUT2D eigenvalue weighted by Crippen LogP contribution is 2.28. The average molecular weight is 336 g/mol. The molecule has 0 radical (unpaired) electrons. The van der Waals surface area contributed by atoms with Crippen molar-refractivity contribution in [3.05, 3.63) is 63.6 Å². The molecule has 0 saturated heterocycles. The molecule has 0 aliphatic carbocycles. The van der Waals surface area contributed by atoms with Crippen molar-refractivity contribution in [2.24, 2.45) is 10.9 Å². The second-order valence-electron chi connectivity index (χ2n) is 5.55. The molecule has 2 aromatic carbocycles. The summed E-state index contributed by atoms with van der Waals surface area (Å²) in [5, 5.41) is 11.3. The Labute approximate surface area is 141 Å². The Bertz CT molecular complexity index is 681. The van der Waals surface area contributed by atoms with Gasteiger partial charge in [0.25, 0.3) is 0 Å². The van der Waals surface area contributed by atoms with Crippen LogP contribution in [0.15, 0.2) is 47.5 Å². The number of nitrogens with zero attached hydrogens (tertiary/aromatic N) is 1. The van der Waals surface area contributed by atoms with Crippen LogP contribution < -0.4 is 0 Å². The van der Waals surface area contributed by atoms with E-state index in [-0.39, 0.29) is 5.75 Å². The Morgan fingerprint density at radius 3 is 2.50 bits per heavy atom. The molecule has 0 fully saturated rings. The molecule has 116 valence electrons. The smallest absolute Gasteiger partial charge is 0.125 e. The minimum atomic E-state index is 0.146. The molecule has 0 saturated carbocycles. The van der Waals surface area contributed by atoms with E-state index < -0.39 is 0 Å². The zero-order valence-corrected chi connectivity index (χ0v) is 14.2. The number of hydrogen-bond donors (Lipinski definition) is 1. The van der Waals surface area contributed by atoms with E-state index in [0.29, 0.717) is 33.8 Å². The van der Waals surface area contributed by atoms with Gasteiger partial charge in [0.1, 0.15) is 5.75 Å². The maximum absolute atomic E-state index is 10.2. The summed E-state index contributed by atoms with van der Waals surface area (Å²) in [5.74, 6) is 0.705. The summed E-state index contributed by atoms with van der Waals surface area (Å²) in [6.45, 7) is 4.98. The molecule has 0 heterocycles. The maximum atomic E-state index is 10.2. The molecule has 0 atom stereocenters. The zero-order valence-electron chi connectivity index (χ0n) is 12.7. The van der Waals surface area contributed by atoms with Crippen molar-refractivity contribution >= 4 is 28.9 Å². The fraction of sp³-hybridized carbons (Fsp3) is 0.278. The molecule has 4 heteroatoms. The van der Waals surface area contributed by atoms with Crippen molar-refractivity contribution in [2.45, 2.75) is 20.3 Å². The highest BCUT2D eigenvalue weighted by atomic mass is 35.5. The molecule has 0 aliphatic heterocycles. The van der Waals surface area contributed by atoms with E-state index in [1.165, 1.54) is 0 Å². The average Bonchev–Trinajstić information content (AvgIpc) is 2.47. The van der Waals surface area contributed by atoms with Gasteiger partial charge in [-0.25, -0.2) is 0 Å². The molecule has 0 aromatic heterocycles. The van der Waals surface area contributed by atoms with Crippen molar-refractivity contribution < 1.29 is 5.11 Å². The normalized spacial score (nSPS) is 12.0. The molecule has 0 aliphatic rings. The van der Waals surface area contributed by atoms with E-state index in [1.54, 1.807) is 18.2 Å². The first kappa shape index (κ1) is 16.9. The molecular weight excluding hydrogens is 317 g/mol. The largest absolute Gasteiger partial charge is 0.507 e. The summed E-state index contributed by atoms with van der Waals surface area (Å²) >= 11 is 12.4. The lowest BCUT2D eigenvalue weighted by Gasteiger charge is -2.12. The van der Waals surface area contributed by atoms with Crippen LogP contribution in [0.25, 0.3) is 0 Å². The SMILES string of the molecule is CC(C)CCN=C(c1cc(Cl)ccc1O)c1ccccc1Cl. The highest BCUT2D eigenvalue weighted by molar-refractivity contribution is 6.36. The summed E-state index contributed by atoms with van der Waals surface area (Å²) in [4.78, 5) is 4.68. The number of halogens is 2. The van der Waals surface area contributed by atoms with Gasteiger partial charge < -0.3 is 5.11 Å². The minimum Gasteiger partial charge on any atom is -0.507 e. The molecule has 0 unspecified atom stereocenters. The second kappa shape index (κ2) is 7.66. The van der Waals surface area contributed by atoms with Crippen molar-refractivity contribution in [3.63, 3.8) is 0 Å². The molecule has 2 aromatic rings. The number of rotatable bonds is 5. The van der Waals surface area contributed by atoms with Crippen molar-refractivity contribution in [2.75, 3.05) is 6.54 Å². The first-order valence-electron chi connectivity index (χ1n) is 7.27. The monoisotopic (exact) mass is 335 g/mol. The van der Waals surface area contributed by atoms with E-state index in [2.05, 4.69) is 18.8 Å². The summed E-state index contributed by atoms with van der Waals surface area (Å²) in [5.41, 5.74) is 2.07. The van der Waals surface area contributed by atoms with Gasteiger partial charge in [-0.2, -0.15) is 0 Å². The van der Waals surface area contributed by atoms with Crippen molar-refractivity contribution in [1.82, 2.24) is 0 Å². The van der Waals surface area contributed by atoms with Crippen LogP contribution in [-0.4, -0.2) is 17.4 Å². The summed E-state index contributed by atoms with van der Waals surface area (Å²) < 4.78 is 0. The highest BCUT2D eigenvalue weighted by Gasteiger charge is 2.14. The first-order chi connectivity index (χ1) is 10.5. The minimum absolute atomic E-state index is 0.146. The van der Waals surface area contributed by atoms with E-state index in [1.807, 2.05) is 24.3 Å². The first-order valence-corrected chi connectivity index (χ1v) is 8.03. The molecule has 1 N–H and O–H groups in total. The third-order valence-electron chi connectivity index (χ3n) is 3.32. The Morgan fingerprint density at radius 2 is 1.82 bits per heavy atom. The van der Waals surface area contributed by atoms with Crippen LogP contribution in [0.3, 0.4) is 0 Å². The van der Waals surface area contributed by atoms with Gasteiger partial charge in [-0.15, -0.1) is 0 Å². The predicted octanol–water partition coefficient (Wildman–Crippen LogP) is 5.58. The third kappa shape index (κ3) is 4.25. The fourth-order valence-electron chi connectivity index (χ4n) is 2.10. The molecule has 0 spiro atoms. The van der Waals surface area contributed by atoms with Gasteiger partial charge in [0, 0.05) is 27.7 Å². The summed E-state index contributed by atoms with van der Waals surface area (Å²) in [6.07, 6.45) is 0.968. The molecule has 0 bridgehead atoms. The Balaban J connectivity index is 2.50. The van der Waals surface area contributed by atoms with E-state index in [0.717, 1.165) is 12.0 Å². The van der Waals surface area contributed by atoms with Gasteiger partial charge in [0.15, 0.2) is 0 Å². The van der Waals surface area contributed by atoms with Crippen LogP contribution in [0.4, 0.5) is 0 Å². The Morgan fingerprint density at radius 1 is 1.09 bits per heavy atom. The maximum Gasteiger partial charge on any atom is 0.125 e. The van der Waals surface area contributed by atoms with Gasteiger partial charge in [-0.05, 0) is 36.6 Å². The van der Waals surface area contributed by atoms with Crippen LogP contribution in [0.2, 0.25) is 10.0 Å². The zero-order chi connectivity index (χ0) is 16.1. The number of aliphatic imine (C=N–C) groups is 1. The summed E-state index contributed by atoms with van der Waals surface area (Å²) in [6, 6.07) is 12.4. The van der Waals surface area contributed by atoms with Crippen LogP contribution >= 0.6 is 23.2 Å². The standard InChI is InChI=1S/C18H19Cl2NO/c1-12(2)9-10-21-18(14-5-3-4-6-16(14)20)15-11-13(19)7-8-17(15)22/h3-8,11-12,22H,9-10H2,1-2H3. The molecular formula is C18H19Cl2NO. The van der Waals surface area contributed by atoms with Crippen LogP contribution in [0.5, 0.6) is 5.75 Å². The number of hydrogen-bond acceptors (Lipinski definition) is 2. The van der Waals surface area contributed by atoms with Crippen molar-refractivity contribution in [1.29, 1.82) is 0 Å². The molecule has 2 rings (SSSR count). The Kier molecular flexibility index (Phi) is 5.87. The van der Waals surface area contributed by atoms with E-state index >= 15 is 0 Å². The van der Waals surface area contributed by atoms with Crippen LogP contribution in [-0.2, 0) is 0 Å². The van der Waals surface area contributed by atoms with Crippen molar-refractivity contribution in [3.8, 4) is 5.75 Å². The van der Waals surface area contributed by atoms with Gasteiger partial charge in [0.05, 0.1) is 5.71 Å². The number of phenols is 1.